The molecule has 0 radical (unpaired) electrons. The topological polar surface area (TPSA) is 35.5 Å². The Balaban J connectivity index is 0.00000220. The molecule has 3 nitrogen and oxygen atoms in total. The Labute approximate surface area is 154 Å². The summed E-state index contributed by atoms with van der Waals surface area (Å²) in [5, 5.41) is 13.9. The van der Waals surface area contributed by atoms with Crippen LogP contribution < -0.4 is 5.32 Å². The molecule has 22 heavy (non-hydrogen) atoms. The molecule has 0 unspecified atom stereocenters. The third-order valence-electron chi connectivity index (χ3n) is 4.20. The maximum atomic E-state index is 10.5. The number of nitrogens with one attached hydrogen (secondary N) is 1. The van der Waals surface area contributed by atoms with E-state index in [1.54, 1.807) is 0 Å². The number of piperazine rings is 1. The van der Waals surface area contributed by atoms with Crippen molar-refractivity contribution in [3.63, 3.8) is 0 Å². The van der Waals surface area contributed by atoms with E-state index in [2.05, 4.69) is 40.0 Å². The smallest absolute Gasteiger partial charge is 0.120 e. The molecule has 1 fully saturated rings. The lowest BCUT2D eigenvalue weighted by molar-refractivity contribution is 0.161. The molecular weight excluding hydrogens is 387 g/mol. The summed E-state index contributed by atoms with van der Waals surface area (Å²) in [6, 6.07) is 2.20. The first kappa shape index (κ1) is 22.0. The Morgan fingerprint density at radius 3 is 2.41 bits per heavy atom. The van der Waals surface area contributed by atoms with E-state index in [9.17, 15) is 5.11 Å². The Bertz CT molecular complexity index is 480. The second kappa shape index (κ2) is 9.99. The number of nitrogens with zero attached hydrogens (tertiary/aromatic N) is 1. The van der Waals surface area contributed by atoms with E-state index in [1.807, 2.05) is 13.0 Å². The molecule has 1 atom stereocenters. The van der Waals surface area contributed by atoms with Crippen LogP contribution >= 0.6 is 40.7 Å². The predicted octanol–water partition coefficient (Wildman–Crippen LogP) is 4.36. The quantitative estimate of drug-likeness (QED) is 0.769. The lowest BCUT2D eigenvalue weighted by Gasteiger charge is -2.36. The molecule has 6 heteroatoms. The molecule has 0 aliphatic carbocycles. The molecule has 2 N–H and O–H groups in total. The minimum absolute atomic E-state index is 0. The monoisotopic (exact) mass is 412 g/mol. The predicted molar refractivity (Wildman–Crippen MR) is 102 cm³/mol. The van der Waals surface area contributed by atoms with E-state index in [1.165, 1.54) is 5.56 Å². The van der Waals surface area contributed by atoms with Crippen LogP contribution in [-0.2, 0) is 0 Å². The van der Waals surface area contributed by atoms with E-state index in [0.717, 1.165) is 54.6 Å². The molecule has 1 aliphatic heterocycles. The summed E-state index contributed by atoms with van der Waals surface area (Å²) >= 11 is 3.67. The maximum Gasteiger partial charge on any atom is 0.120 e. The average molecular weight is 414 g/mol. The van der Waals surface area contributed by atoms with Crippen molar-refractivity contribution in [3.05, 3.63) is 27.2 Å². The number of phenols is 1. The number of phenolic OH excluding ortho intramolecular Hbond substituents is 1. The van der Waals surface area contributed by atoms with Gasteiger partial charge in [-0.2, -0.15) is 0 Å². The molecule has 128 valence electrons. The highest BCUT2D eigenvalue weighted by Crippen LogP contribution is 2.39. The first-order valence-electron chi connectivity index (χ1n) is 7.49. The van der Waals surface area contributed by atoms with Crippen molar-refractivity contribution in [1.82, 2.24) is 10.2 Å². The molecule has 2 rings (SSSR count). The van der Waals surface area contributed by atoms with Gasteiger partial charge >= 0.3 is 0 Å². The molecule has 0 saturated carbocycles. The standard InChI is InChI=1S/C16H25BrN2O.2ClH/c1-4-5-13(19-8-6-18-7-9-19)15-12(3)16(17)11(2)10-14(15)20;;/h10,13,18,20H,4-9H2,1-3H3;2*1H/t13-;;/m1../s1. The molecule has 1 heterocycles. The molecule has 1 aromatic carbocycles. The van der Waals surface area contributed by atoms with Gasteiger partial charge in [-0.3, -0.25) is 4.90 Å². The Kier molecular flexibility index (Phi) is 9.99. The van der Waals surface area contributed by atoms with Gasteiger partial charge in [-0.15, -0.1) is 24.8 Å². The zero-order valence-corrected chi connectivity index (χ0v) is 16.7. The zero-order chi connectivity index (χ0) is 14.7. The van der Waals surface area contributed by atoms with Crippen LogP contribution in [0, 0.1) is 13.8 Å². The number of hydrogen-bond acceptors (Lipinski definition) is 3. The van der Waals surface area contributed by atoms with Crippen molar-refractivity contribution in [3.8, 4) is 5.75 Å². The molecule has 0 amide bonds. The normalized spacial score (nSPS) is 16.5. The fourth-order valence-corrected chi connectivity index (χ4v) is 3.48. The van der Waals surface area contributed by atoms with Gasteiger partial charge in [0.25, 0.3) is 0 Å². The van der Waals surface area contributed by atoms with Crippen molar-refractivity contribution in [2.75, 3.05) is 26.2 Å². The van der Waals surface area contributed by atoms with E-state index >= 15 is 0 Å². The van der Waals surface area contributed by atoms with Crippen LogP contribution in [0.5, 0.6) is 5.75 Å². The molecule has 1 aliphatic rings. The number of aromatic hydroxyl groups is 1. The van der Waals surface area contributed by atoms with Gasteiger partial charge in [0.2, 0.25) is 0 Å². The average Bonchev–Trinajstić information content (AvgIpc) is 2.45. The number of aryl methyl sites for hydroxylation is 1. The fourth-order valence-electron chi connectivity index (χ4n) is 3.15. The first-order valence-corrected chi connectivity index (χ1v) is 8.28. The third-order valence-corrected chi connectivity index (χ3v) is 5.42. The van der Waals surface area contributed by atoms with Gasteiger partial charge in [-0.05, 0) is 37.5 Å². The highest BCUT2D eigenvalue weighted by atomic mass is 79.9. The van der Waals surface area contributed by atoms with Crippen molar-refractivity contribution in [2.45, 2.75) is 39.7 Å². The van der Waals surface area contributed by atoms with E-state index in [0.29, 0.717) is 11.8 Å². The van der Waals surface area contributed by atoms with Crippen LogP contribution in [-0.4, -0.2) is 36.2 Å². The summed E-state index contributed by atoms with van der Waals surface area (Å²) < 4.78 is 1.13. The highest BCUT2D eigenvalue weighted by molar-refractivity contribution is 9.10. The third kappa shape index (κ3) is 4.75. The van der Waals surface area contributed by atoms with Crippen LogP contribution in [0.25, 0.3) is 0 Å². The van der Waals surface area contributed by atoms with Gasteiger partial charge in [0.1, 0.15) is 5.75 Å². The van der Waals surface area contributed by atoms with Gasteiger partial charge in [-0.1, -0.05) is 29.3 Å². The zero-order valence-electron chi connectivity index (χ0n) is 13.5. The van der Waals surface area contributed by atoms with Crippen LogP contribution in [0.3, 0.4) is 0 Å². The maximum absolute atomic E-state index is 10.5. The molecule has 1 aromatic rings. The Morgan fingerprint density at radius 2 is 1.86 bits per heavy atom. The van der Waals surface area contributed by atoms with E-state index in [-0.39, 0.29) is 24.8 Å². The lowest BCUT2D eigenvalue weighted by Crippen LogP contribution is -2.45. The first-order chi connectivity index (χ1) is 9.56. The number of halogens is 3. The summed E-state index contributed by atoms with van der Waals surface area (Å²) in [4.78, 5) is 2.50. The molecule has 0 aromatic heterocycles. The lowest BCUT2D eigenvalue weighted by atomic mass is 9.93. The van der Waals surface area contributed by atoms with Crippen LogP contribution in [0.2, 0.25) is 0 Å². The SMILES string of the molecule is CCC[C@H](c1c(O)cc(C)c(Br)c1C)N1CCNCC1.Cl.Cl. The van der Waals surface area contributed by atoms with Gasteiger partial charge in [-0.25, -0.2) is 0 Å². The van der Waals surface area contributed by atoms with E-state index in [4.69, 9.17) is 0 Å². The molecule has 0 spiro atoms. The largest absolute Gasteiger partial charge is 0.508 e. The summed E-state index contributed by atoms with van der Waals surface area (Å²) in [5.74, 6) is 0.445. The van der Waals surface area contributed by atoms with Gasteiger partial charge < -0.3 is 10.4 Å². The van der Waals surface area contributed by atoms with Gasteiger partial charge in [0.05, 0.1) is 0 Å². The Hall–Kier alpha value is -0.000000000000000222. The minimum atomic E-state index is 0. The second-order valence-corrected chi connectivity index (χ2v) is 6.45. The van der Waals surface area contributed by atoms with Crippen molar-refractivity contribution >= 4 is 40.7 Å². The minimum Gasteiger partial charge on any atom is -0.508 e. The molecular formula is C16H27BrCl2N2O. The van der Waals surface area contributed by atoms with Gasteiger partial charge in [0.15, 0.2) is 0 Å². The van der Waals surface area contributed by atoms with Crippen molar-refractivity contribution in [1.29, 1.82) is 0 Å². The molecule has 0 bridgehead atoms. The molecule has 1 saturated heterocycles. The summed E-state index contributed by atoms with van der Waals surface area (Å²) in [6.07, 6.45) is 2.21. The summed E-state index contributed by atoms with van der Waals surface area (Å²) in [7, 11) is 0. The highest BCUT2D eigenvalue weighted by Gasteiger charge is 2.26. The number of hydrogen-bond donors (Lipinski definition) is 2. The van der Waals surface area contributed by atoms with Crippen molar-refractivity contribution in [2.24, 2.45) is 0 Å². The van der Waals surface area contributed by atoms with Crippen LogP contribution in [0.15, 0.2) is 10.5 Å². The van der Waals surface area contributed by atoms with Gasteiger partial charge in [0, 0.05) is 42.3 Å². The fraction of sp³-hybridized carbons (Fsp3) is 0.625. The summed E-state index contributed by atoms with van der Waals surface area (Å²) in [5.41, 5.74) is 3.38. The van der Waals surface area contributed by atoms with Crippen LogP contribution in [0.4, 0.5) is 0 Å². The Morgan fingerprint density at radius 1 is 1.27 bits per heavy atom. The van der Waals surface area contributed by atoms with Crippen LogP contribution in [0.1, 0.15) is 42.5 Å². The summed E-state index contributed by atoms with van der Waals surface area (Å²) in [6.45, 7) is 10.5. The number of benzene rings is 1. The van der Waals surface area contributed by atoms with Crippen molar-refractivity contribution < 1.29 is 5.11 Å². The second-order valence-electron chi connectivity index (χ2n) is 5.66. The number of rotatable bonds is 4. The van der Waals surface area contributed by atoms with E-state index < -0.39 is 0 Å².